The third kappa shape index (κ3) is 5.37. The van der Waals surface area contributed by atoms with Gasteiger partial charge >= 0.3 is 6.03 Å². The Morgan fingerprint density at radius 2 is 1.89 bits per heavy atom. The van der Waals surface area contributed by atoms with Gasteiger partial charge in [-0.25, -0.2) is 4.79 Å². The normalized spacial score (nSPS) is 13.4. The number of benzene rings is 2. The van der Waals surface area contributed by atoms with E-state index in [1.165, 1.54) is 5.56 Å². The van der Waals surface area contributed by atoms with Crippen molar-refractivity contribution in [1.82, 2.24) is 15.5 Å². The van der Waals surface area contributed by atoms with Crippen LogP contribution in [-0.4, -0.2) is 51.0 Å². The first-order valence-corrected chi connectivity index (χ1v) is 9.23. The first-order valence-electron chi connectivity index (χ1n) is 9.23. The van der Waals surface area contributed by atoms with Gasteiger partial charge in [-0.15, -0.1) is 0 Å². The van der Waals surface area contributed by atoms with E-state index in [1.54, 1.807) is 0 Å². The lowest BCUT2D eigenvalue weighted by molar-refractivity contribution is 0.172. The lowest BCUT2D eigenvalue weighted by Crippen LogP contribution is -2.45. The van der Waals surface area contributed by atoms with E-state index in [0.717, 1.165) is 29.9 Å². The van der Waals surface area contributed by atoms with Crippen LogP contribution < -0.4 is 20.1 Å². The summed E-state index contributed by atoms with van der Waals surface area (Å²) in [5.41, 5.74) is 2.30. The van der Waals surface area contributed by atoms with E-state index in [4.69, 9.17) is 9.47 Å². The van der Waals surface area contributed by atoms with Crippen molar-refractivity contribution in [1.29, 1.82) is 0 Å². The molecule has 6 heteroatoms. The van der Waals surface area contributed by atoms with Crippen LogP contribution in [0, 0.1) is 0 Å². The molecule has 1 aliphatic heterocycles. The van der Waals surface area contributed by atoms with E-state index in [0.29, 0.717) is 13.1 Å². The summed E-state index contributed by atoms with van der Waals surface area (Å²) in [6.07, 6.45) is 1.59. The Labute approximate surface area is 160 Å². The summed E-state index contributed by atoms with van der Waals surface area (Å²) >= 11 is 0. The summed E-state index contributed by atoms with van der Waals surface area (Å²) in [7, 11) is 4.03. The molecule has 6 nitrogen and oxygen atoms in total. The zero-order chi connectivity index (χ0) is 19.1. The van der Waals surface area contributed by atoms with Crippen LogP contribution in [0.3, 0.4) is 0 Å². The van der Waals surface area contributed by atoms with Gasteiger partial charge in [-0.05, 0) is 44.1 Å². The molecule has 1 aliphatic rings. The maximum Gasteiger partial charge on any atom is 0.314 e. The van der Waals surface area contributed by atoms with Crippen LogP contribution in [0.5, 0.6) is 11.5 Å². The number of urea groups is 1. The highest BCUT2D eigenvalue weighted by Gasteiger charge is 2.21. The number of para-hydroxylation sites is 1. The molecule has 0 saturated heterocycles. The fourth-order valence-electron chi connectivity index (χ4n) is 3.08. The number of carbonyl (C=O) groups is 1. The minimum absolute atomic E-state index is 0.143. The van der Waals surface area contributed by atoms with E-state index in [-0.39, 0.29) is 18.9 Å². The molecule has 144 valence electrons. The second kappa shape index (κ2) is 9.28. The van der Waals surface area contributed by atoms with Gasteiger partial charge in [-0.2, -0.15) is 0 Å². The highest BCUT2D eigenvalue weighted by atomic mass is 16.7. The van der Waals surface area contributed by atoms with Crippen molar-refractivity contribution in [2.75, 3.05) is 34.0 Å². The Morgan fingerprint density at radius 3 is 2.67 bits per heavy atom. The van der Waals surface area contributed by atoms with Crippen molar-refractivity contribution in [2.45, 2.75) is 18.9 Å². The minimum Gasteiger partial charge on any atom is -0.454 e. The number of hydrogen-bond donors (Lipinski definition) is 2. The summed E-state index contributed by atoms with van der Waals surface area (Å²) in [5.74, 6) is 1.60. The molecule has 0 radical (unpaired) electrons. The number of nitrogens with zero attached hydrogens (tertiary/aromatic N) is 1. The number of likely N-dealkylation sites (N-methyl/N-ethyl adjacent to an activating group) is 1. The maximum atomic E-state index is 12.1. The first kappa shape index (κ1) is 19.0. The summed E-state index contributed by atoms with van der Waals surface area (Å²) in [6, 6.07) is 16.1. The Bertz CT molecular complexity index is 750. The van der Waals surface area contributed by atoms with Gasteiger partial charge in [0.25, 0.3) is 0 Å². The van der Waals surface area contributed by atoms with E-state index in [1.807, 2.05) is 50.5 Å². The van der Waals surface area contributed by atoms with Crippen LogP contribution in [0.25, 0.3) is 0 Å². The molecule has 2 aromatic carbocycles. The third-order valence-electron chi connectivity index (χ3n) is 4.70. The Balaban J connectivity index is 1.47. The topological polar surface area (TPSA) is 62.8 Å². The van der Waals surface area contributed by atoms with E-state index < -0.39 is 0 Å². The molecule has 27 heavy (non-hydrogen) atoms. The van der Waals surface area contributed by atoms with Crippen LogP contribution >= 0.6 is 0 Å². The highest BCUT2D eigenvalue weighted by Crippen LogP contribution is 2.36. The largest absolute Gasteiger partial charge is 0.454 e. The van der Waals surface area contributed by atoms with Crippen molar-refractivity contribution >= 4 is 6.03 Å². The van der Waals surface area contributed by atoms with Gasteiger partial charge in [0, 0.05) is 19.1 Å². The number of nitrogens with one attached hydrogen (secondary N) is 2. The van der Waals surface area contributed by atoms with Gasteiger partial charge in [0.15, 0.2) is 11.5 Å². The lowest BCUT2D eigenvalue weighted by atomic mass is 10.0. The molecule has 0 unspecified atom stereocenters. The van der Waals surface area contributed by atoms with Gasteiger partial charge < -0.3 is 25.0 Å². The second-order valence-electron chi connectivity index (χ2n) is 6.84. The van der Waals surface area contributed by atoms with Crippen LogP contribution in [0.4, 0.5) is 4.79 Å². The third-order valence-corrected chi connectivity index (χ3v) is 4.70. The number of amides is 2. The molecule has 0 aromatic heterocycles. The second-order valence-corrected chi connectivity index (χ2v) is 6.84. The molecule has 0 spiro atoms. The molecule has 3 rings (SSSR count). The summed E-state index contributed by atoms with van der Waals surface area (Å²) < 4.78 is 11.0. The predicted octanol–water partition coefficient (Wildman–Crippen LogP) is 2.43. The number of carbonyl (C=O) groups excluding carboxylic acids is 1. The lowest BCUT2D eigenvalue weighted by Gasteiger charge is -2.25. The quantitative estimate of drug-likeness (QED) is 0.750. The number of fused-ring (bicyclic) bond motifs is 1. The fourth-order valence-corrected chi connectivity index (χ4v) is 3.08. The van der Waals surface area contributed by atoms with E-state index in [9.17, 15) is 4.79 Å². The Hall–Kier alpha value is -2.73. The van der Waals surface area contributed by atoms with Crippen molar-refractivity contribution < 1.29 is 14.3 Å². The first-order chi connectivity index (χ1) is 13.1. The highest BCUT2D eigenvalue weighted by molar-refractivity contribution is 5.73. The molecular formula is C21H27N3O3. The summed E-state index contributed by atoms with van der Waals surface area (Å²) in [6.45, 7) is 1.43. The fraction of sp³-hybridized carbons (Fsp3) is 0.381. The Kier molecular flexibility index (Phi) is 6.54. The molecule has 1 atom stereocenters. The zero-order valence-corrected chi connectivity index (χ0v) is 15.9. The average Bonchev–Trinajstić information content (AvgIpc) is 3.15. The van der Waals surface area contributed by atoms with Gasteiger partial charge in [-0.3, -0.25) is 0 Å². The number of hydrogen-bond acceptors (Lipinski definition) is 4. The molecule has 0 saturated carbocycles. The van der Waals surface area contributed by atoms with Crippen LogP contribution in [0.1, 0.15) is 11.1 Å². The predicted molar refractivity (Wildman–Crippen MR) is 105 cm³/mol. The Morgan fingerprint density at radius 1 is 1.07 bits per heavy atom. The monoisotopic (exact) mass is 369 g/mol. The minimum atomic E-state index is -0.143. The number of rotatable bonds is 8. The zero-order valence-electron chi connectivity index (χ0n) is 15.9. The molecule has 0 fully saturated rings. The SMILES string of the molecule is CN(C)[C@H](CNC(=O)NCCc1ccccc1)Cc1cccc2c1OCO2. The van der Waals surface area contributed by atoms with Gasteiger partial charge in [0.05, 0.1) is 0 Å². The molecule has 2 aromatic rings. The van der Waals surface area contributed by atoms with E-state index >= 15 is 0 Å². The van der Waals surface area contributed by atoms with Crippen LogP contribution in [-0.2, 0) is 12.8 Å². The van der Waals surface area contributed by atoms with Gasteiger partial charge in [-0.1, -0.05) is 42.5 Å². The van der Waals surface area contributed by atoms with Crippen molar-refractivity contribution in [3.8, 4) is 11.5 Å². The standard InChI is InChI=1S/C21H27N3O3/c1-24(2)18(13-17-9-6-10-19-20(17)27-15-26-19)14-23-21(25)22-12-11-16-7-4-3-5-8-16/h3-10,18H,11-15H2,1-2H3,(H2,22,23,25)/t18-/m0/s1. The van der Waals surface area contributed by atoms with Gasteiger partial charge in [0.2, 0.25) is 6.79 Å². The summed E-state index contributed by atoms with van der Waals surface area (Å²) in [5, 5.41) is 5.89. The molecule has 0 aliphatic carbocycles. The van der Waals surface area contributed by atoms with Crippen molar-refractivity contribution in [2.24, 2.45) is 0 Å². The summed E-state index contributed by atoms with van der Waals surface area (Å²) in [4.78, 5) is 14.2. The van der Waals surface area contributed by atoms with Gasteiger partial charge in [0.1, 0.15) is 0 Å². The molecule has 0 bridgehead atoms. The van der Waals surface area contributed by atoms with Crippen molar-refractivity contribution in [3.05, 3.63) is 59.7 Å². The van der Waals surface area contributed by atoms with Crippen LogP contribution in [0.15, 0.2) is 48.5 Å². The molecule has 2 amide bonds. The van der Waals surface area contributed by atoms with Crippen LogP contribution in [0.2, 0.25) is 0 Å². The molecule has 2 N–H and O–H groups in total. The molecule has 1 heterocycles. The van der Waals surface area contributed by atoms with Crippen molar-refractivity contribution in [3.63, 3.8) is 0 Å². The maximum absolute atomic E-state index is 12.1. The average molecular weight is 369 g/mol. The number of ether oxygens (including phenoxy) is 2. The molecular weight excluding hydrogens is 342 g/mol. The van der Waals surface area contributed by atoms with E-state index in [2.05, 4.69) is 27.7 Å². The smallest absolute Gasteiger partial charge is 0.314 e.